The minimum absolute atomic E-state index is 0.114. The number of nitrogens with zero attached hydrogens (tertiary/aromatic N) is 4. The van der Waals surface area contributed by atoms with Gasteiger partial charge in [-0.25, -0.2) is 8.42 Å². The van der Waals surface area contributed by atoms with E-state index >= 15 is 0 Å². The number of anilines is 1. The number of halogens is 1. The highest BCUT2D eigenvalue weighted by Crippen LogP contribution is 2.35. The van der Waals surface area contributed by atoms with E-state index < -0.39 is 10.0 Å². The van der Waals surface area contributed by atoms with Crippen molar-refractivity contribution >= 4 is 49.3 Å². The molecule has 1 aromatic carbocycles. The molecule has 0 amide bonds. The molecule has 0 spiro atoms. The summed E-state index contributed by atoms with van der Waals surface area (Å²) >= 11 is 2.35. The number of rotatable bonds is 8. The van der Waals surface area contributed by atoms with Crippen LogP contribution >= 0.6 is 22.6 Å². The van der Waals surface area contributed by atoms with Crippen LogP contribution in [0.25, 0.3) is 10.9 Å². The Morgan fingerprint density at radius 1 is 1.17 bits per heavy atom. The second kappa shape index (κ2) is 8.70. The van der Waals surface area contributed by atoms with E-state index in [0.717, 1.165) is 60.0 Å². The highest BCUT2D eigenvalue weighted by molar-refractivity contribution is 14.1. The fourth-order valence-corrected chi connectivity index (χ4v) is 6.57. The predicted molar refractivity (Wildman–Crippen MR) is 126 cm³/mol. The minimum Gasteiger partial charge on any atom is -0.346 e. The first-order valence-corrected chi connectivity index (χ1v) is 13.7. The van der Waals surface area contributed by atoms with E-state index in [1.807, 2.05) is 12.1 Å². The average molecular weight is 530 g/mol. The van der Waals surface area contributed by atoms with Crippen LogP contribution in [0.2, 0.25) is 0 Å². The number of benzene rings is 1. The summed E-state index contributed by atoms with van der Waals surface area (Å²) in [7, 11) is -1.77. The maximum absolute atomic E-state index is 13.4. The summed E-state index contributed by atoms with van der Waals surface area (Å²) in [5, 5.41) is 5.85. The van der Waals surface area contributed by atoms with E-state index in [0.29, 0.717) is 10.8 Å². The normalized spacial score (nSPS) is 18.6. The van der Waals surface area contributed by atoms with Crippen LogP contribution in [0.15, 0.2) is 23.1 Å². The van der Waals surface area contributed by atoms with Crippen LogP contribution in [0.3, 0.4) is 0 Å². The third-order valence-corrected chi connectivity index (χ3v) is 9.15. The van der Waals surface area contributed by atoms with E-state index in [-0.39, 0.29) is 6.04 Å². The van der Waals surface area contributed by atoms with E-state index in [4.69, 9.17) is 5.10 Å². The second-order valence-electron chi connectivity index (χ2n) is 8.42. The van der Waals surface area contributed by atoms with Crippen LogP contribution < -0.4 is 4.90 Å². The Labute approximate surface area is 187 Å². The zero-order chi connectivity index (χ0) is 20.6. The molecule has 0 saturated heterocycles. The number of aromatic nitrogens is 2. The van der Waals surface area contributed by atoms with Crippen molar-refractivity contribution in [2.45, 2.75) is 69.4 Å². The second-order valence-corrected chi connectivity index (χ2v) is 11.1. The van der Waals surface area contributed by atoms with Gasteiger partial charge in [0.1, 0.15) is 0 Å². The van der Waals surface area contributed by atoms with Crippen LogP contribution in [0.1, 0.15) is 51.9 Å². The first-order valence-electron chi connectivity index (χ1n) is 10.7. The zero-order valence-corrected chi connectivity index (χ0v) is 20.3. The third-order valence-electron chi connectivity index (χ3n) is 6.42. The van der Waals surface area contributed by atoms with Gasteiger partial charge in [-0.05, 0) is 56.7 Å². The first kappa shape index (κ1) is 21.4. The van der Waals surface area contributed by atoms with Gasteiger partial charge in [0.05, 0.1) is 15.0 Å². The molecule has 29 heavy (non-hydrogen) atoms. The highest BCUT2D eigenvalue weighted by Gasteiger charge is 2.30. The van der Waals surface area contributed by atoms with Gasteiger partial charge in [0.25, 0.3) is 0 Å². The Kier molecular flexibility index (Phi) is 6.41. The highest BCUT2D eigenvalue weighted by atomic mass is 127. The molecule has 2 fully saturated rings. The monoisotopic (exact) mass is 530 g/mol. The molecular weight excluding hydrogens is 499 g/mol. The lowest BCUT2D eigenvalue weighted by atomic mass is 9.96. The molecule has 0 unspecified atom stereocenters. The van der Waals surface area contributed by atoms with Crippen molar-refractivity contribution in [2.24, 2.45) is 5.92 Å². The van der Waals surface area contributed by atoms with Gasteiger partial charge in [0.15, 0.2) is 5.82 Å². The molecule has 0 radical (unpaired) electrons. The molecule has 6 nitrogen and oxygen atoms in total. The third kappa shape index (κ3) is 4.30. The Morgan fingerprint density at radius 3 is 2.52 bits per heavy atom. The lowest BCUT2D eigenvalue weighted by molar-refractivity contribution is 0.286. The number of fused-ring (bicyclic) bond motifs is 1. The molecular formula is C21H31IN4O2S. The van der Waals surface area contributed by atoms with Gasteiger partial charge < -0.3 is 4.90 Å². The van der Waals surface area contributed by atoms with E-state index in [2.05, 4.69) is 39.1 Å². The van der Waals surface area contributed by atoms with Crippen LogP contribution in [0.5, 0.6) is 0 Å². The summed E-state index contributed by atoms with van der Waals surface area (Å²) < 4.78 is 31.3. The van der Waals surface area contributed by atoms with Crippen molar-refractivity contribution in [1.29, 1.82) is 0 Å². The standard InChI is InChI=1S/C21H31IN4O2S/c1-3-25(15-22)21-19-13-18(11-12-20(19)26(23-21)14-16-9-10-16)29(27,28)24(2)17-7-5-4-6-8-17/h11-13,16-17H,3-10,14-15H2,1-2H3. The maximum Gasteiger partial charge on any atom is 0.243 e. The fraction of sp³-hybridized carbons (Fsp3) is 0.667. The van der Waals surface area contributed by atoms with Crippen LogP contribution in [-0.2, 0) is 16.6 Å². The Hall–Kier alpha value is -0.870. The van der Waals surface area contributed by atoms with Gasteiger partial charge in [-0.1, -0.05) is 41.9 Å². The quantitative estimate of drug-likeness (QED) is 0.284. The number of sulfonamides is 1. The Morgan fingerprint density at radius 2 is 1.90 bits per heavy atom. The SMILES string of the molecule is CCN(CI)c1nn(CC2CC2)c2ccc(S(=O)(=O)N(C)C3CCCCC3)cc12. The van der Waals surface area contributed by atoms with Crippen molar-refractivity contribution in [3.8, 4) is 0 Å². The molecule has 0 N–H and O–H groups in total. The van der Waals surface area contributed by atoms with E-state index in [9.17, 15) is 8.42 Å². The molecule has 1 heterocycles. The zero-order valence-electron chi connectivity index (χ0n) is 17.3. The average Bonchev–Trinajstić information content (AvgIpc) is 3.50. The summed E-state index contributed by atoms with van der Waals surface area (Å²) in [6, 6.07) is 5.69. The summed E-state index contributed by atoms with van der Waals surface area (Å²) in [6.45, 7) is 3.88. The molecule has 8 heteroatoms. The minimum atomic E-state index is -3.51. The van der Waals surface area contributed by atoms with Crippen LogP contribution in [0.4, 0.5) is 5.82 Å². The summed E-state index contributed by atoms with van der Waals surface area (Å²) in [4.78, 5) is 2.59. The van der Waals surface area contributed by atoms with Crippen molar-refractivity contribution in [3.63, 3.8) is 0 Å². The fourth-order valence-electron chi connectivity index (χ4n) is 4.32. The topological polar surface area (TPSA) is 58.4 Å². The molecule has 160 valence electrons. The van der Waals surface area contributed by atoms with Gasteiger partial charge in [0.2, 0.25) is 10.0 Å². The summed E-state index contributed by atoms with van der Waals surface area (Å²) in [6.07, 6.45) is 7.88. The first-order chi connectivity index (χ1) is 14.0. The van der Waals surface area contributed by atoms with Gasteiger partial charge in [-0.2, -0.15) is 9.40 Å². The van der Waals surface area contributed by atoms with E-state index in [1.165, 1.54) is 19.3 Å². The molecule has 0 aliphatic heterocycles. The van der Waals surface area contributed by atoms with E-state index in [1.54, 1.807) is 17.4 Å². The van der Waals surface area contributed by atoms with Gasteiger partial charge in [0, 0.05) is 31.6 Å². The Bertz CT molecular complexity index is 960. The molecule has 2 aliphatic carbocycles. The number of alkyl halides is 1. The van der Waals surface area contributed by atoms with Gasteiger partial charge in [-0.15, -0.1) is 0 Å². The van der Waals surface area contributed by atoms with Crippen molar-refractivity contribution in [1.82, 2.24) is 14.1 Å². The molecule has 2 aromatic rings. The predicted octanol–water partition coefficient (Wildman–Crippen LogP) is 4.62. The number of hydrogen-bond donors (Lipinski definition) is 0. The molecule has 0 bridgehead atoms. The smallest absolute Gasteiger partial charge is 0.243 e. The van der Waals surface area contributed by atoms with Crippen molar-refractivity contribution in [2.75, 3.05) is 23.0 Å². The molecule has 0 atom stereocenters. The summed E-state index contributed by atoms with van der Waals surface area (Å²) in [5.74, 6) is 1.61. The number of hydrogen-bond acceptors (Lipinski definition) is 4. The molecule has 2 saturated carbocycles. The lowest BCUT2D eigenvalue weighted by Crippen LogP contribution is -2.38. The summed E-state index contributed by atoms with van der Waals surface area (Å²) in [5.41, 5.74) is 1.04. The maximum atomic E-state index is 13.4. The molecule has 1 aromatic heterocycles. The molecule has 4 rings (SSSR count). The van der Waals surface area contributed by atoms with Gasteiger partial charge >= 0.3 is 0 Å². The Balaban J connectivity index is 1.74. The van der Waals surface area contributed by atoms with Crippen molar-refractivity contribution in [3.05, 3.63) is 18.2 Å². The van der Waals surface area contributed by atoms with Crippen LogP contribution in [0, 0.1) is 5.92 Å². The van der Waals surface area contributed by atoms with Gasteiger partial charge in [-0.3, -0.25) is 4.68 Å². The van der Waals surface area contributed by atoms with Crippen molar-refractivity contribution < 1.29 is 8.42 Å². The molecule has 2 aliphatic rings. The largest absolute Gasteiger partial charge is 0.346 e. The van der Waals surface area contributed by atoms with Crippen LogP contribution in [-0.4, -0.2) is 46.7 Å². The lowest BCUT2D eigenvalue weighted by Gasteiger charge is -2.30.